The Labute approximate surface area is 207 Å². The first-order valence-corrected chi connectivity index (χ1v) is 12.5. The largest absolute Gasteiger partial charge is 0.345 e. The van der Waals surface area contributed by atoms with E-state index >= 15 is 0 Å². The van der Waals surface area contributed by atoms with E-state index in [9.17, 15) is 9.59 Å². The minimum Gasteiger partial charge on any atom is -0.345 e. The molecule has 172 valence electrons. The van der Waals surface area contributed by atoms with Gasteiger partial charge in [0.25, 0.3) is 5.91 Å². The van der Waals surface area contributed by atoms with Gasteiger partial charge in [-0.3, -0.25) is 24.9 Å². The Kier molecular flexibility index (Phi) is 7.49. The normalized spacial score (nSPS) is 17.2. The first-order valence-electron chi connectivity index (χ1n) is 10.7. The Bertz CT molecular complexity index is 1250. The van der Waals surface area contributed by atoms with Crippen LogP contribution in [0.25, 0.3) is 0 Å². The van der Waals surface area contributed by atoms with E-state index < -0.39 is 0 Å². The fourth-order valence-corrected chi connectivity index (χ4v) is 5.77. The maximum atomic E-state index is 12.9. The second-order valence-corrected chi connectivity index (χ2v) is 9.69. The molecule has 1 fully saturated rings. The molecule has 1 N–H and O–H groups in total. The number of benzene rings is 2. The monoisotopic (exact) mass is 488 g/mol. The zero-order valence-electron chi connectivity index (χ0n) is 18.9. The summed E-state index contributed by atoms with van der Waals surface area (Å²) in [6.45, 7) is 1.94. The summed E-state index contributed by atoms with van der Waals surface area (Å²) in [5, 5.41) is 8.51. The fourth-order valence-electron chi connectivity index (χ4n) is 3.55. The average Bonchev–Trinajstić information content (AvgIpc) is 3.14. The molecule has 8 heteroatoms. The van der Waals surface area contributed by atoms with E-state index in [1.807, 2.05) is 61.6 Å². The van der Waals surface area contributed by atoms with Crippen LogP contribution in [0.4, 0.5) is 5.69 Å². The van der Waals surface area contributed by atoms with Gasteiger partial charge in [0.05, 0.1) is 12.2 Å². The van der Waals surface area contributed by atoms with E-state index in [0.717, 1.165) is 28.3 Å². The molecule has 0 unspecified atom stereocenters. The van der Waals surface area contributed by atoms with Gasteiger partial charge in [-0.05, 0) is 42.4 Å². The van der Waals surface area contributed by atoms with E-state index in [1.54, 1.807) is 31.1 Å². The molecule has 0 bridgehead atoms. The summed E-state index contributed by atoms with van der Waals surface area (Å²) in [5.74, 6) is 0.756. The molecule has 3 aromatic rings. The van der Waals surface area contributed by atoms with Gasteiger partial charge in [0, 0.05) is 41.4 Å². The highest BCUT2D eigenvalue weighted by Crippen LogP contribution is 2.43. The van der Waals surface area contributed by atoms with Gasteiger partial charge in [-0.1, -0.05) is 48.5 Å². The Morgan fingerprint density at radius 3 is 2.47 bits per heavy atom. The Morgan fingerprint density at radius 2 is 1.79 bits per heavy atom. The third-order valence-corrected chi connectivity index (χ3v) is 7.49. The van der Waals surface area contributed by atoms with Crippen molar-refractivity contribution < 1.29 is 9.59 Å². The molecule has 3 heterocycles. The summed E-state index contributed by atoms with van der Waals surface area (Å²) in [6, 6.07) is 21.2. The average molecular weight is 489 g/mol. The predicted molar refractivity (Wildman–Crippen MR) is 139 cm³/mol. The summed E-state index contributed by atoms with van der Waals surface area (Å²) < 4.78 is 0. The SMILES string of the molecule is CC(=O)c1ccccc1.CN1C(=C2SC(=N)N(Cc3cccnc3)C2=O)CSc2ccccc21. The molecule has 2 aromatic carbocycles. The van der Waals surface area contributed by atoms with Crippen molar-refractivity contribution in [3.05, 3.63) is 101 Å². The number of amidine groups is 1. The van der Waals surface area contributed by atoms with Crippen molar-refractivity contribution in [3.63, 3.8) is 0 Å². The first-order chi connectivity index (χ1) is 16.5. The molecule has 0 atom stereocenters. The molecule has 0 saturated carbocycles. The van der Waals surface area contributed by atoms with Gasteiger partial charge in [-0.25, -0.2) is 0 Å². The van der Waals surface area contributed by atoms with E-state index in [1.165, 1.54) is 21.6 Å². The number of fused-ring (bicyclic) bond motifs is 1. The van der Waals surface area contributed by atoms with Crippen molar-refractivity contribution in [3.8, 4) is 0 Å². The summed E-state index contributed by atoms with van der Waals surface area (Å²) in [5.41, 5.74) is 3.77. The third kappa shape index (κ3) is 5.24. The van der Waals surface area contributed by atoms with Crippen LogP contribution >= 0.6 is 23.5 Å². The van der Waals surface area contributed by atoms with Crippen molar-refractivity contribution in [2.75, 3.05) is 17.7 Å². The van der Waals surface area contributed by atoms with Crippen molar-refractivity contribution in [2.24, 2.45) is 0 Å². The van der Waals surface area contributed by atoms with Crippen LogP contribution in [-0.4, -0.2) is 39.5 Å². The van der Waals surface area contributed by atoms with Gasteiger partial charge in [0.15, 0.2) is 11.0 Å². The van der Waals surface area contributed by atoms with Crippen molar-refractivity contribution in [1.29, 1.82) is 5.41 Å². The van der Waals surface area contributed by atoms with Crippen LogP contribution in [0.2, 0.25) is 0 Å². The van der Waals surface area contributed by atoms with Gasteiger partial charge in [0.2, 0.25) is 0 Å². The van der Waals surface area contributed by atoms with Gasteiger partial charge in [-0.15, -0.1) is 11.8 Å². The molecule has 5 rings (SSSR count). The third-order valence-electron chi connectivity index (χ3n) is 5.39. The number of anilines is 1. The second kappa shape index (κ2) is 10.7. The lowest BCUT2D eigenvalue weighted by atomic mass is 10.2. The molecule has 1 saturated heterocycles. The molecule has 2 aliphatic heterocycles. The standard InChI is InChI=1S/C18H16N4OS2.C8H8O/c1-21-13-6-2-3-7-15(13)24-11-14(21)16-17(23)22(18(19)25-16)10-12-5-4-8-20-9-12;1-7(9)8-5-3-2-4-6-8/h2-9,19H,10-11H2,1H3;2-6H,1H3. The number of hydrogen-bond donors (Lipinski definition) is 1. The quantitative estimate of drug-likeness (QED) is 0.391. The lowest BCUT2D eigenvalue weighted by molar-refractivity contribution is -0.122. The van der Waals surface area contributed by atoms with Crippen molar-refractivity contribution >= 4 is 46.1 Å². The van der Waals surface area contributed by atoms with Crippen LogP contribution in [0.1, 0.15) is 22.8 Å². The summed E-state index contributed by atoms with van der Waals surface area (Å²) in [7, 11) is 1.99. The minimum absolute atomic E-state index is 0.0966. The van der Waals surface area contributed by atoms with E-state index in [-0.39, 0.29) is 16.9 Å². The molecule has 1 aromatic heterocycles. The van der Waals surface area contributed by atoms with Gasteiger partial charge < -0.3 is 4.90 Å². The fraction of sp³-hybridized carbons (Fsp3) is 0.154. The van der Waals surface area contributed by atoms with Gasteiger partial charge >= 0.3 is 0 Å². The van der Waals surface area contributed by atoms with E-state index in [4.69, 9.17) is 5.41 Å². The molecule has 1 amide bonds. The molecule has 0 radical (unpaired) electrons. The van der Waals surface area contributed by atoms with Crippen LogP contribution in [0.15, 0.2) is 94.6 Å². The van der Waals surface area contributed by atoms with Crippen molar-refractivity contribution in [2.45, 2.75) is 18.4 Å². The Balaban J connectivity index is 0.000000257. The Morgan fingerprint density at radius 1 is 1.06 bits per heavy atom. The number of carbonyl (C=O) groups excluding carboxylic acids is 2. The lowest BCUT2D eigenvalue weighted by Gasteiger charge is -2.30. The van der Waals surface area contributed by atoms with Gasteiger partial charge in [0.1, 0.15) is 4.91 Å². The molecule has 0 spiro atoms. The molecular weight excluding hydrogens is 464 g/mol. The predicted octanol–water partition coefficient (Wildman–Crippen LogP) is 5.43. The maximum Gasteiger partial charge on any atom is 0.268 e. The summed E-state index contributed by atoms with van der Waals surface area (Å²) >= 11 is 2.98. The smallest absolute Gasteiger partial charge is 0.268 e. The van der Waals surface area contributed by atoms with E-state index in [0.29, 0.717) is 11.4 Å². The van der Waals surface area contributed by atoms with Crippen LogP contribution < -0.4 is 4.90 Å². The van der Waals surface area contributed by atoms with Crippen LogP contribution in [-0.2, 0) is 11.3 Å². The number of pyridine rings is 1. The molecular formula is C26H24N4O2S2. The maximum absolute atomic E-state index is 12.9. The number of ketones is 1. The number of nitrogens with one attached hydrogen (secondary N) is 1. The number of amides is 1. The van der Waals surface area contributed by atoms with Crippen LogP contribution in [0.3, 0.4) is 0 Å². The lowest BCUT2D eigenvalue weighted by Crippen LogP contribution is -2.30. The Hall–Kier alpha value is -3.36. The number of rotatable bonds is 3. The molecule has 2 aliphatic rings. The van der Waals surface area contributed by atoms with Crippen LogP contribution in [0.5, 0.6) is 0 Å². The zero-order chi connectivity index (χ0) is 24.1. The van der Waals surface area contributed by atoms with Crippen LogP contribution in [0, 0.1) is 5.41 Å². The minimum atomic E-state index is -0.0966. The topological polar surface area (TPSA) is 77.4 Å². The van der Waals surface area contributed by atoms with Crippen molar-refractivity contribution in [1.82, 2.24) is 9.88 Å². The highest BCUT2D eigenvalue weighted by Gasteiger charge is 2.36. The number of thioether (sulfide) groups is 2. The first kappa shape index (κ1) is 23.8. The summed E-state index contributed by atoms with van der Waals surface area (Å²) in [4.78, 5) is 33.1. The number of nitrogens with zero attached hydrogens (tertiary/aromatic N) is 3. The second-order valence-electron chi connectivity index (χ2n) is 7.67. The summed E-state index contributed by atoms with van der Waals surface area (Å²) in [6.07, 6.45) is 3.43. The zero-order valence-corrected chi connectivity index (χ0v) is 20.5. The van der Waals surface area contributed by atoms with E-state index in [2.05, 4.69) is 22.0 Å². The highest BCUT2D eigenvalue weighted by molar-refractivity contribution is 8.18. The molecule has 0 aliphatic carbocycles. The number of aromatic nitrogens is 1. The number of carbonyl (C=O) groups is 2. The highest BCUT2D eigenvalue weighted by atomic mass is 32.2. The number of Topliss-reactive ketones (excluding diaryl/α,β-unsaturated/α-hetero) is 1. The number of hydrogen-bond acceptors (Lipinski definition) is 7. The molecule has 34 heavy (non-hydrogen) atoms. The van der Waals surface area contributed by atoms with Gasteiger partial charge in [-0.2, -0.15) is 0 Å². The molecule has 6 nitrogen and oxygen atoms in total. The number of para-hydroxylation sites is 1.